The molecule has 5 nitrogen and oxygen atoms in total. The molecule has 0 spiro atoms. The van der Waals surface area contributed by atoms with Crippen LogP contribution >= 0.6 is 11.3 Å². The van der Waals surface area contributed by atoms with Crippen molar-refractivity contribution in [2.24, 2.45) is 0 Å². The molecule has 2 rings (SSSR count). The number of hydrogen-bond acceptors (Lipinski definition) is 6. The van der Waals surface area contributed by atoms with E-state index in [0.717, 1.165) is 11.3 Å². The molecule has 0 atom stereocenters. The highest BCUT2D eigenvalue weighted by atomic mass is 32.1. The molecule has 0 bridgehead atoms. The molecule has 0 aliphatic carbocycles. The summed E-state index contributed by atoms with van der Waals surface area (Å²) in [6.45, 7) is 3.75. The number of rotatable bonds is 3. The maximum Gasteiger partial charge on any atom is 0.348 e. The third kappa shape index (κ3) is 2.15. The van der Waals surface area contributed by atoms with E-state index >= 15 is 0 Å². The second kappa shape index (κ2) is 5.11. The van der Waals surface area contributed by atoms with Gasteiger partial charge in [0.15, 0.2) is 0 Å². The highest BCUT2D eigenvalue weighted by molar-refractivity contribution is 7.57. The Hall–Kier alpha value is -1.34. The van der Waals surface area contributed by atoms with Crippen LogP contribution in [0, 0.1) is 6.92 Å². The molecule has 0 fully saturated rings. The Kier molecular flexibility index (Phi) is 3.72. The van der Waals surface area contributed by atoms with Crippen molar-refractivity contribution in [3.63, 3.8) is 0 Å². The Morgan fingerprint density at radius 1 is 1.56 bits per heavy atom. The van der Waals surface area contributed by atoms with Crippen molar-refractivity contribution in [3.05, 3.63) is 26.6 Å². The molecule has 0 aromatic carbocycles. The van der Waals surface area contributed by atoms with E-state index in [4.69, 9.17) is 17.4 Å². The predicted octanol–water partition coefficient (Wildman–Crippen LogP) is 1.52. The number of aryl methyl sites for hydroxylation is 1. The van der Waals surface area contributed by atoms with Crippen LogP contribution in [0.25, 0.3) is 10.2 Å². The Labute approximate surface area is 113 Å². The van der Waals surface area contributed by atoms with E-state index in [2.05, 4.69) is 9.97 Å². The molecule has 18 heavy (non-hydrogen) atoms. The number of hydrogen-bond donors (Lipinski definition) is 1. The van der Waals surface area contributed by atoms with Crippen molar-refractivity contribution in [2.75, 3.05) is 6.61 Å². The topological polar surface area (TPSA) is 72.0 Å². The van der Waals surface area contributed by atoms with E-state index in [1.807, 2.05) is 0 Å². The molecular weight excluding hydrogens is 272 g/mol. The number of carbonyl (C=O) groups is 1. The van der Waals surface area contributed by atoms with E-state index in [0.29, 0.717) is 33.1 Å². The lowest BCUT2D eigenvalue weighted by atomic mass is 10.2. The normalized spacial score (nSPS) is 10.8. The number of fused-ring (bicyclic) bond motifs is 1. The summed E-state index contributed by atoms with van der Waals surface area (Å²) in [6.07, 6.45) is 0. The monoisotopic (exact) mass is 283 g/mol. The van der Waals surface area contributed by atoms with Gasteiger partial charge >= 0.3 is 5.97 Å². The van der Waals surface area contributed by atoms with Crippen molar-refractivity contribution < 1.29 is 9.53 Å². The van der Waals surface area contributed by atoms with Gasteiger partial charge in [0.25, 0.3) is 5.56 Å². The van der Waals surface area contributed by atoms with Gasteiger partial charge in [0.1, 0.15) is 9.71 Å². The second-order valence-corrected chi connectivity index (χ2v) is 4.90. The van der Waals surface area contributed by atoms with Crippen LogP contribution in [-0.4, -0.2) is 22.5 Å². The van der Waals surface area contributed by atoms with E-state index < -0.39 is 5.97 Å². The minimum absolute atomic E-state index is 0.233. The molecule has 7 heteroatoms. The summed E-state index contributed by atoms with van der Waals surface area (Å²) >= 11 is 6.02. The summed E-state index contributed by atoms with van der Waals surface area (Å²) in [6, 6.07) is 0. The number of carbonyl (C=O) groups excluding carboxylic acids is 1. The lowest BCUT2D eigenvalue weighted by Gasteiger charge is -2.02. The molecule has 0 radical (unpaired) electrons. The zero-order valence-electron chi connectivity index (χ0n) is 9.90. The van der Waals surface area contributed by atoms with E-state index in [-0.39, 0.29) is 11.3 Å². The van der Waals surface area contributed by atoms with Crippen LogP contribution in [0.2, 0.25) is 0 Å². The molecule has 0 aliphatic heterocycles. The quantitative estimate of drug-likeness (QED) is 0.683. The molecule has 1 N–H and O–H groups in total. The molecule has 0 saturated carbocycles. The summed E-state index contributed by atoms with van der Waals surface area (Å²) in [4.78, 5) is 31.4. The maximum atomic E-state index is 11.9. The predicted molar refractivity (Wildman–Crippen MR) is 72.0 cm³/mol. The summed E-state index contributed by atoms with van der Waals surface area (Å²) in [5, 5.41) is 0.440. The average molecular weight is 283 g/mol. The number of H-pyrrole nitrogens is 1. The van der Waals surface area contributed by atoms with Gasteiger partial charge in [0.2, 0.25) is 0 Å². The number of nitrogens with zero attached hydrogens (tertiary/aromatic N) is 1. The van der Waals surface area contributed by atoms with Crippen LogP contribution < -0.4 is 5.56 Å². The average Bonchev–Trinajstić information content (AvgIpc) is 2.67. The van der Waals surface area contributed by atoms with Crippen LogP contribution in [0.5, 0.6) is 0 Å². The zero-order chi connectivity index (χ0) is 13.3. The Bertz CT molecular complexity index is 660. The highest BCUT2D eigenvalue weighted by Crippen LogP contribution is 2.27. The van der Waals surface area contributed by atoms with Crippen LogP contribution in [0.4, 0.5) is 0 Å². The fraction of sp³-hybridized carbons (Fsp3) is 0.364. The van der Waals surface area contributed by atoms with Gasteiger partial charge in [-0.2, -0.15) is 0 Å². The standard InChI is InChI=1S/C11H12N2O3S2/c1-3-16-11(15)8-5(2)7-9(14)12-6(4-17)13-10(7)18-8/h17H,3-4H2,1-2H3,(H,12,13,14)/p-1. The van der Waals surface area contributed by atoms with Gasteiger partial charge in [-0.3, -0.25) is 4.79 Å². The summed E-state index contributed by atoms with van der Waals surface area (Å²) in [7, 11) is 0. The maximum absolute atomic E-state index is 11.9. The molecule has 2 aromatic heterocycles. The van der Waals surface area contributed by atoms with E-state index in [1.165, 1.54) is 0 Å². The third-order valence-electron chi connectivity index (χ3n) is 2.45. The molecule has 96 valence electrons. The number of nitrogens with one attached hydrogen (secondary N) is 1. The van der Waals surface area contributed by atoms with Crippen LogP contribution in [-0.2, 0) is 23.1 Å². The smallest absolute Gasteiger partial charge is 0.348 e. The number of ether oxygens (including phenoxy) is 1. The molecule has 0 saturated heterocycles. The second-order valence-electron chi connectivity index (χ2n) is 3.61. The summed E-state index contributed by atoms with van der Waals surface area (Å²) < 4.78 is 4.95. The number of aromatic nitrogens is 2. The molecule has 2 heterocycles. The van der Waals surface area contributed by atoms with Gasteiger partial charge in [-0.25, -0.2) is 9.78 Å². The minimum atomic E-state index is -0.419. The Balaban J connectivity index is 2.66. The fourth-order valence-corrected chi connectivity index (χ4v) is 2.88. The van der Waals surface area contributed by atoms with Gasteiger partial charge in [-0.1, -0.05) is 0 Å². The van der Waals surface area contributed by atoms with Crippen molar-refractivity contribution in [1.29, 1.82) is 0 Å². The van der Waals surface area contributed by atoms with Crippen LogP contribution in [0.3, 0.4) is 0 Å². The van der Waals surface area contributed by atoms with Crippen molar-refractivity contribution >= 4 is 40.2 Å². The third-order valence-corrected chi connectivity index (χ3v) is 3.89. The highest BCUT2D eigenvalue weighted by Gasteiger charge is 2.19. The summed E-state index contributed by atoms with van der Waals surface area (Å²) in [5.74, 6) is 0.258. The molecular formula is C11H11N2O3S2-. The Morgan fingerprint density at radius 3 is 2.89 bits per heavy atom. The van der Waals surface area contributed by atoms with Gasteiger partial charge < -0.3 is 22.3 Å². The lowest BCUT2D eigenvalue weighted by molar-refractivity contribution is 0.0531. The van der Waals surface area contributed by atoms with Crippen LogP contribution in [0.1, 0.15) is 28.0 Å². The van der Waals surface area contributed by atoms with E-state index in [9.17, 15) is 9.59 Å². The SMILES string of the molecule is CCOC(=O)c1sc2nc(C[S-])[nH]c(=O)c2c1C. The molecule has 0 aliphatic rings. The van der Waals surface area contributed by atoms with Crippen molar-refractivity contribution in [3.8, 4) is 0 Å². The minimum Gasteiger partial charge on any atom is -0.785 e. The first-order valence-electron chi connectivity index (χ1n) is 5.36. The fourth-order valence-electron chi connectivity index (χ4n) is 1.65. The lowest BCUT2D eigenvalue weighted by Crippen LogP contribution is -2.11. The van der Waals surface area contributed by atoms with Gasteiger partial charge in [-0.15, -0.1) is 17.1 Å². The molecule has 2 aromatic rings. The van der Waals surface area contributed by atoms with Gasteiger partial charge in [0.05, 0.1) is 17.8 Å². The number of aromatic amines is 1. The number of esters is 1. The largest absolute Gasteiger partial charge is 0.785 e. The first-order valence-corrected chi connectivity index (χ1v) is 6.75. The van der Waals surface area contributed by atoms with E-state index in [1.54, 1.807) is 13.8 Å². The molecule has 0 unspecified atom stereocenters. The first kappa shape index (κ1) is 13.1. The van der Waals surface area contributed by atoms with Crippen molar-refractivity contribution in [2.45, 2.75) is 19.6 Å². The summed E-state index contributed by atoms with van der Waals surface area (Å²) in [5.41, 5.74) is 0.349. The van der Waals surface area contributed by atoms with Gasteiger partial charge in [0, 0.05) is 0 Å². The van der Waals surface area contributed by atoms with Gasteiger partial charge in [-0.05, 0) is 19.4 Å². The first-order chi connectivity index (χ1) is 8.58. The Morgan fingerprint density at radius 2 is 2.28 bits per heavy atom. The zero-order valence-corrected chi connectivity index (χ0v) is 11.5. The van der Waals surface area contributed by atoms with Crippen LogP contribution in [0.15, 0.2) is 4.79 Å². The van der Waals surface area contributed by atoms with Crippen molar-refractivity contribution in [1.82, 2.24) is 9.97 Å². The number of thiophene rings is 1. The molecule has 0 amide bonds.